The van der Waals surface area contributed by atoms with Gasteiger partial charge in [-0.2, -0.15) is 0 Å². The van der Waals surface area contributed by atoms with Crippen molar-refractivity contribution in [2.75, 3.05) is 6.61 Å². The zero-order valence-corrected chi connectivity index (χ0v) is 11.2. The molecule has 0 aliphatic carbocycles. The Balaban J connectivity index is 2.88. The Morgan fingerprint density at radius 3 is 2.62 bits per heavy atom. The third kappa shape index (κ3) is 3.69. The molecule has 0 saturated carbocycles. The Labute approximate surface area is 104 Å². The highest BCUT2D eigenvalue weighted by molar-refractivity contribution is 7.91. The molecule has 0 unspecified atom stereocenters. The Hall–Kier alpha value is -0.180. The van der Waals surface area contributed by atoms with Crippen molar-refractivity contribution in [2.45, 2.75) is 23.6 Å². The Bertz CT molecular complexity index is 456. The summed E-state index contributed by atoms with van der Waals surface area (Å²) in [7, 11) is -3.57. The van der Waals surface area contributed by atoms with Crippen molar-refractivity contribution in [3.8, 4) is 0 Å². The molecule has 92 valence electrons. The standard InChI is InChI=1S/C8H13ClN2O3S2/c1-8(2,5-14-10)11-16(12,13)7-4-3-6(9)15-7/h3-4,11H,5,10H2,1-2H3. The molecule has 0 amide bonds. The van der Waals surface area contributed by atoms with E-state index in [-0.39, 0.29) is 10.8 Å². The van der Waals surface area contributed by atoms with Gasteiger partial charge >= 0.3 is 0 Å². The van der Waals surface area contributed by atoms with Gasteiger partial charge in [0.15, 0.2) is 0 Å². The van der Waals surface area contributed by atoms with Crippen LogP contribution in [0.15, 0.2) is 16.3 Å². The fourth-order valence-electron chi connectivity index (χ4n) is 1.09. The van der Waals surface area contributed by atoms with Gasteiger partial charge in [-0.3, -0.25) is 0 Å². The first-order valence-corrected chi connectivity index (χ1v) is 7.06. The molecule has 0 fully saturated rings. The number of sulfonamides is 1. The van der Waals surface area contributed by atoms with Gasteiger partial charge in [0.1, 0.15) is 4.21 Å². The maximum Gasteiger partial charge on any atom is 0.250 e. The number of nitrogens with two attached hydrogens (primary N) is 1. The van der Waals surface area contributed by atoms with E-state index in [1.54, 1.807) is 13.8 Å². The predicted molar refractivity (Wildman–Crippen MR) is 63.9 cm³/mol. The van der Waals surface area contributed by atoms with E-state index in [4.69, 9.17) is 17.5 Å². The number of hydrogen-bond acceptors (Lipinski definition) is 5. The van der Waals surface area contributed by atoms with E-state index < -0.39 is 15.6 Å². The smallest absolute Gasteiger partial charge is 0.250 e. The van der Waals surface area contributed by atoms with Crippen molar-refractivity contribution in [3.63, 3.8) is 0 Å². The van der Waals surface area contributed by atoms with Crippen LogP contribution in [0, 0.1) is 0 Å². The summed E-state index contributed by atoms with van der Waals surface area (Å²) in [6.45, 7) is 3.42. The Morgan fingerprint density at radius 1 is 1.56 bits per heavy atom. The number of halogens is 1. The summed E-state index contributed by atoms with van der Waals surface area (Å²) in [6, 6.07) is 2.99. The largest absolute Gasteiger partial charge is 0.303 e. The van der Waals surface area contributed by atoms with Crippen LogP contribution >= 0.6 is 22.9 Å². The molecule has 0 aromatic carbocycles. The second kappa shape index (κ2) is 4.99. The average Bonchev–Trinajstić information content (AvgIpc) is 2.49. The Morgan fingerprint density at radius 2 is 2.19 bits per heavy atom. The maximum absolute atomic E-state index is 11.9. The summed E-state index contributed by atoms with van der Waals surface area (Å²) in [5.74, 6) is 4.92. The molecule has 0 aliphatic heterocycles. The molecule has 8 heteroatoms. The normalized spacial score (nSPS) is 13.0. The molecular formula is C8H13ClN2O3S2. The van der Waals surface area contributed by atoms with Crippen molar-refractivity contribution in [2.24, 2.45) is 5.90 Å². The second-order valence-corrected chi connectivity index (χ2v) is 7.48. The molecule has 3 N–H and O–H groups in total. The molecule has 1 heterocycles. The van der Waals surface area contributed by atoms with Gasteiger partial charge in [-0.25, -0.2) is 19.0 Å². The molecular weight excluding hydrogens is 272 g/mol. The first-order valence-electron chi connectivity index (χ1n) is 4.38. The minimum atomic E-state index is -3.57. The van der Waals surface area contributed by atoms with E-state index in [0.717, 1.165) is 11.3 Å². The lowest BCUT2D eigenvalue weighted by Crippen LogP contribution is -2.47. The van der Waals surface area contributed by atoms with Crippen molar-refractivity contribution < 1.29 is 13.3 Å². The van der Waals surface area contributed by atoms with Crippen LogP contribution in [0.2, 0.25) is 4.34 Å². The van der Waals surface area contributed by atoms with Gasteiger partial charge in [-0.05, 0) is 26.0 Å². The van der Waals surface area contributed by atoms with Crippen molar-refractivity contribution >= 4 is 33.0 Å². The molecule has 0 bridgehead atoms. The van der Waals surface area contributed by atoms with Crippen LogP contribution in [0.3, 0.4) is 0 Å². The van der Waals surface area contributed by atoms with Crippen LogP contribution in [-0.4, -0.2) is 20.6 Å². The third-order valence-corrected chi connectivity index (χ3v) is 5.09. The molecule has 1 aromatic rings. The lowest BCUT2D eigenvalue weighted by molar-refractivity contribution is 0.0929. The summed E-state index contributed by atoms with van der Waals surface area (Å²) in [6.07, 6.45) is 0. The highest BCUT2D eigenvalue weighted by Gasteiger charge is 2.27. The maximum atomic E-state index is 11.9. The first kappa shape index (κ1) is 13.9. The molecule has 5 nitrogen and oxygen atoms in total. The predicted octanol–water partition coefficient (Wildman–Crippen LogP) is 1.35. The molecule has 0 atom stereocenters. The lowest BCUT2D eigenvalue weighted by atomic mass is 10.1. The fourth-order valence-corrected chi connectivity index (χ4v) is 3.98. The van der Waals surface area contributed by atoms with Gasteiger partial charge in [0.2, 0.25) is 0 Å². The summed E-state index contributed by atoms with van der Waals surface area (Å²) in [5, 5.41) is 0. The SMILES string of the molecule is CC(C)(CON)NS(=O)(=O)c1ccc(Cl)s1. The molecule has 0 radical (unpaired) electrons. The summed E-state index contributed by atoms with van der Waals surface area (Å²) < 4.78 is 26.8. The molecule has 16 heavy (non-hydrogen) atoms. The summed E-state index contributed by atoms with van der Waals surface area (Å²) in [4.78, 5) is 4.44. The van der Waals surface area contributed by atoms with Crippen LogP contribution in [0.5, 0.6) is 0 Å². The number of thiophene rings is 1. The van der Waals surface area contributed by atoms with Crippen LogP contribution in [0.1, 0.15) is 13.8 Å². The number of rotatable bonds is 5. The minimum absolute atomic E-state index is 0.0747. The molecule has 0 saturated heterocycles. The second-order valence-electron chi connectivity index (χ2n) is 3.86. The van der Waals surface area contributed by atoms with E-state index in [9.17, 15) is 8.42 Å². The van der Waals surface area contributed by atoms with Gasteiger partial charge in [0.05, 0.1) is 16.5 Å². The molecule has 0 spiro atoms. The minimum Gasteiger partial charge on any atom is -0.303 e. The monoisotopic (exact) mass is 284 g/mol. The number of hydrogen-bond donors (Lipinski definition) is 2. The lowest BCUT2D eigenvalue weighted by Gasteiger charge is -2.23. The quantitative estimate of drug-likeness (QED) is 0.800. The van der Waals surface area contributed by atoms with E-state index in [1.807, 2.05) is 0 Å². The summed E-state index contributed by atoms with van der Waals surface area (Å²) >= 11 is 6.68. The first-order chi connectivity index (χ1) is 7.27. The van der Waals surface area contributed by atoms with Crippen LogP contribution in [0.25, 0.3) is 0 Å². The van der Waals surface area contributed by atoms with E-state index in [0.29, 0.717) is 4.34 Å². The van der Waals surface area contributed by atoms with Crippen LogP contribution in [-0.2, 0) is 14.9 Å². The topological polar surface area (TPSA) is 81.4 Å². The van der Waals surface area contributed by atoms with E-state index >= 15 is 0 Å². The zero-order chi connectivity index (χ0) is 12.4. The third-order valence-electron chi connectivity index (χ3n) is 1.67. The summed E-state index contributed by atoms with van der Waals surface area (Å²) in [5.41, 5.74) is -0.774. The highest BCUT2D eigenvalue weighted by Crippen LogP contribution is 2.26. The van der Waals surface area contributed by atoms with Gasteiger partial charge in [-0.1, -0.05) is 11.6 Å². The van der Waals surface area contributed by atoms with Crippen molar-refractivity contribution in [1.29, 1.82) is 0 Å². The molecule has 1 aromatic heterocycles. The fraction of sp³-hybridized carbons (Fsp3) is 0.500. The van der Waals surface area contributed by atoms with Gasteiger partial charge in [0.25, 0.3) is 10.0 Å². The Kier molecular flexibility index (Phi) is 4.33. The van der Waals surface area contributed by atoms with E-state index in [2.05, 4.69) is 9.56 Å². The van der Waals surface area contributed by atoms with Crippen LogP contribution < -0.4 is 10.6 Å². The molecule has 0 aliphatic rings. The van der Waals surface area contributed by atoms with Gasteiger partial charge in [0, 0.05) is 0 Å². The van der Waals surface area contributed by atoms with Crippen molar-refractivity contribution in [1.82, 2.24) is 4.72 Å². The zero-order valence-electron chi connectivity index (χ0n) is 8.86. The highest BCUT2D eigenvalue weighted by atomic mass is 35.5. The van der Waals surface area contributed by atoms with Crippen LogP contribution in [0.4, 0.5) is 0 Å². The average molecular weight is 285 g/mol. The molecule has 1 rings (SSSR count). The van der Waals surface area contributed by atoms with Gasteiger partial charge < -0.3 is 4.84 Å². The van der Waals surface area contributed by atoms with E-state index in [1.165, 1.54) is 12.1 Å². The number of nitrogens with one attached hydrogen (secondary N) is 1. The van der Waals surface area contributed by atoms with Gasteiger partial charge in [-0.15, -0.1) is 11.3 Å². The van der Waals surface area contributed by atoms with Crippen molar-refractivity contribution in [3.05, 3.63) is 16.5 Å².